The molecular formula is C16H21N5OS. The number of anilines is 2. The summed E-state index contributed by atoms with van der Waals surface area (Å²) in [6, 6.07) is 5.77. The molecule has 0 amide bonds. The van der Waals surface area contributed by atoms with Crippen molar-refractivity contribution >= 4 is 29.1 Å². The van der Waals surface area contributed by atoms with E-state index in [4.69, 9.17) is 16.6 Å². The monoisotopic (exact) mass is 331 g/mol. The molecule has 0 bridgehead atoms. The van der Waals surface area contributed by atoms with Gasteiger partial charge in [0.1, 0.15) is 11.6 Å². The molecule has 1 saturated heterocycles. The van der Waals surface area contributed by atoms with E-state index in [1.165, 1.54) is 19.3 Å². The Hall–Kier alpha value is -2.15. The number of nitrogens with zero attached hydrogens (tertiary/aromatic N) is 3. The Balaban J connectivity index is 1.62. The Kier molecular flexibility index (Phi) is 5.07. The Morgan fingerprint density at radius 2 is 2.13 bits per heavy atom. The molecule has 1 aliphatic heterocycles. The zero-order valence-corrected chi connectivity index (χ0v) is 14.0. The quantitative estimate of drug-likeness (QED) is 0.835. The Bertz CT molecular complexity index is 652. The van der Waals surface area contributed by atoms with Crippen LogP contribution < -0.4 is 15.5 Å². The molecule has 1 aliphatic rings. The molecule has 0 aromatic carbocycles. The van der Waals surface area contributed by atoms with Crippen molar-refractivity contribution < 1.29 is 4.42 Å². The molecule has 0 radical (unpaired) electrons. The van der Waals surface area contributed by atoms with E-state index in [-0.39, 0.29) is 0 Å². The summed E-state index contributed by atoms with van der Waals surface area (Å²) in [5.41, 5.74) is 0.928. The molecule has 7 heteroatoms. The zero-order chi connectivity index (χ0) is 16.1. The van der Waals surface area contributed by atoms with Gasteiger partial charge < -0.3 is 20.0 Å². The van der Waals surface area contributed by atoms with Crippen molar-refractivity contribution in [3.05, 3.63) is 35.9 Å². The molecule has 122 valence electrons. The first-order chi connectivity index (χ1) is 11.2. The molecule has 3 heterocycles. The summed E-state index contributed by atoms with van der Waals surface area (Å²) in [6.07, 6.45) is 5.37. The van der Waals surface area contributed by atoms with E-state index < -0.39 is 0 Å². The highest BCUT2D eigenvalue weighted by molar-refractivity contribution is 7.80. The maximum absolute atomic E-state index is 5.29. The predicted molar refractivity (Wildman–Crippen MR) is 94.6 cm³/mol. The van der Waals surface area contributed by atoms with Gasteiger partial charge in [-0.25, -0.2) is 4.98 Å². The maximum Gasteiger partial charge on any atom is 0.231 e. The Labute approximate surface area is 141 Å². The highest BCUT2D eigenvalue weighted by Crippen LogP contribution is 2.19. The fourth-order valence-corrected chi connectivity index (χ4v) is 2.78. The first-order valence-electron chi connectivity index (χ1n) is 7.88. The van der Waals surface area contributed by atoms with Crippen LogP contribution in [0.2, 0.25) is 0 Å². The standard InChI is InChI=1S/C16H21N5OS/c1-12-10-14(21-7-3-2-4-8-21)19-15(18-12)20-16(23)17-11-13-6-5-9-22-13/h5-6,9-10H,2-4,7-8,11H2,1H3,(H2,17,18,19,20,23). The van der Waals surface area contributed by atoms with Crippen LogP contribution in [0.15, 0.2) is 28.9 Å². The lowest BCUT2D eigenvalue weighted by molar-refractivity contribution is 0.503. The van der Waals surface area contributed by atoms with Crippen LogP contribution >= 0.6 is 12.2 Å². The van der Waals surface area contributed by atoms with E-state index >= 15 is 0 Å². The molecule has 1 fully saturated rings. The summed E-state index contributed by atoms with van der Waals surface area (Å²) in [5.74, 6) is 2.32. The molecule has 6 nitrogen and oxygen atoms in total. The fourth-order valence-electron chi connectivity index (χ4n) is 2.62. The SMILES string of the molecule is Cc1cc(N2CCCCC2)nc(NC(=S)NCc2ccco2)n1. The van der Waals surface area contributed by atoms with Crippen LogP contribution in [0.3, 0.4) is 0 Å². The lowest BCUT2D eigenvalue weighted by Gasteiger charge is -2.28. The van der Waals surface area contributed by atoms with Crippen LogP contribution in [0.4, 0.5) is 11.8 Å². The number of hydrogen-bond donors (Lipinski definition) is 2. The summed E-state index contributed by atoms with van der Waals surface area (Å²) < 4.78 is 5.26. The van der Waals surface area contributed by atoms with Crippen molar-refractivity contribution in [1.82, 2.24) is 15.3 Å². The Morgan fingerprint density at radius 3 is 2.87 bits per heavy atom. The van der Waals surface area contributed by atoms with Gasteiger partial charge in [-0.1, -0.05) is 0 Å². The van der Waals surface area contributed by atoms with Crippen LogP contribution in [-0.2, 0) is 6.54 Å². The third kappa shape index (κ3) is 4.41. The third-order valence-corrected chi connectivity index (χ3v) is 4.00. The topological polar surface area (TPSA) is 66.2 Å². The summed E-state index contributed by atoms with van der Waals surface area (Å²) in [6.45, 7) is 4.61. The summed E-state index contributed by atoms with van der Waals surface area (Å²) in [5, 5.41) is 6.62. The largest absolute Gasteiger partial charge is 0.467 e. The van der Waals surface area contributed by atoms with Gasteiger partial charge in [-0.15, -0.1) is 0 Å². The molecule has 2 aromatic rings. The van der Waals surface area contributed by atoms with Crippen LogP contribution in [0.1, 0.15) is 30.7 Å². The first-order valence-corrected chi connectivity index (χ1v) is 8.29. The highest BCUT2D eigenvalue weighted by atomic mass is 32.1. The molecule has 0 atom stereocenters. The van der Waals surface area contributed by atoms with Crippen molar-refractivity contribution in [2.24, 2.45) is 0 Å². The average Bonchev–Trinajstić information content (AvgIpc) is 3.07. The summed E-state index contributed by atoms with van der Waals surface area (Å²) in [4.78, 5) is 11.3. The van der Waals surface area contributed by atoms with Gasteiger partial charge in [0.15, 0.2) is 5.11 Å². The molecular weight excluding hydrogens is 310 g/mol. The van der Waals surface area contributed by atoms with E-state index in [0.717, 1.165) is 30.4 Å². The second kappa shape index (κ2) is 7.41. The zero-order valence-electron chi connectivity index (χ0n) is 13.2. The number of thiocarbonyl (C=S) groups is 1. The minimum Gasteiger partial charge on any atom is -0.467 e. The van der Waals surface area contributed by atoms with E-state index in [9.17, 15) is 0 Å². The summed E-state index contributed by atoms with van der Waals surface area (Å²) >= 11 is 5.29. The van der Waals surface area contributed by atoms with Crippen LogP contribution in [0, 0.1) is 6.92 Å². The van der Waals surface area contributed by atoms with Gasteiger partial charge in [0, 0.05) is 24.8 Å². The lowest BCUT2D eigenvalue weighted by atomic mass is 10.1. The number of furan rings is 1. The number of aryl methyl sites for hydroxylation is 1. The lowest BCUT2D eigenvalue weighted by Crippen LogP contribution is -2.32. The van der Waals surface area contributed by atoms with Gasteiger partial charge in [0.2, 0.25) is 5.95 Å². The van der Waals surface area contributed by atoms with E-state index in [2.05, 4.69) is 25.5 Å². The molecule has 0 saturated carbocycles. The molecule has 23 heavy (non-hydrogen) atoms. The minimum absolute atomic E-state index is 0.483. The first kappa shape index (κ1) is 15.7. The number of nitrogens with one attached hydrogen (secondary N) is 2. The maximum atomic E-state index is 5.29. The molecule has 0 spiro atoms. The fraction of sp³-hybridized carbons (Fsp3) is 0.438. The molecule has 0 unspecified atom stereocenters. The van der Waals surface area contributed by atoms with Gasteiger partial charge in [0.25, 0.3) is 0 Å². The molecule has 3 rings (SSSR count). The van der Waals surface area contributed by atoms with Crippen molar-refractivity contribution in [3.8, 4) is 0 Å². The van der Waals surface area contributed by atoms with Crippen LogP contribution in [0.25, 0.3) is 0 Å². The minimum atomic E-state index is 0.483. The van der Waals surface area contributed by atoms with Crippen molar-refractivity contribution in [1.29, 1.82) is 0 Å². The number of aromatic nitrogens is 2. The van der Waals surface area contributed by atoms with E-state index in [0.29, 0.717) is 17.6 Å². The summed E-state index contributed by atoms with van der Waals surface area (Å²) in [7, 11) is 0. The van der Waals surface area contributed by atoms with Crippen molar-refractivity contribution in [3.63, 3.8) is 0 Å². The van der Waals surface area contributed by atoms with Gasteiger partial charge in [-0.3, -0.25) is 0 Å². The normalized spacial score (nSPS) is 14.6. The average molecular weight is 331 g/mol. The van der Waals surface area contributed by atoms with Gasteiger partial charge in [-0.05, 0) is 50.5 Å². The smallest absolute Gasteiger partial charge is 0.231 e. The highest BCUT2D eigenvalue weighted by Gasteiger charge is 2.14. The molecule has 0 aliphatic carbocycles. The van der Waals surface area contributed by atoms with E-state index in [1.807, 2.05) is 25.1 Å². The second-order valence-electron chi connectivity index (χ2n) is 5.63. The molecule has 2 aromatic heterocycles. The number of hydrogen-bond acceptors (Lipinski definition) is 5. The predicted octanol–water partition coefficient (Wildman–Crippen LogP) is 2.85. The van der Waals surface area contributed by atoms with Crippen molar-refractivity contribution in [2.75, 3.05) is 23.3 Å². The number of piperidine rings is 1. The van der Waals surface area contributed by atoms with Crippen LogP contribution in [0.5, 0.6) is 0 Å². The molecule has 2 N–H and O–H groups in total. The third-order valence-electron chi connectivity index (χ3n) is 3.75. The van der Waals surface area contributed by atoms with E-state index in [1.54, 1.807) is 6.26 Å². The Morgan fingerprint density at radius 1 is 1.30 bits per heavy atom. The van der Waals surface area contributed by atoms with Crippen LogP contribution in [-0.4, -0.2) is 28.2 Å². The van der Waals surface area contributed by atoms with Gasteiger partial charge in [0.05, 0.1) is 12.8 Å². The van der Waals surface area contributed by atoms with Gasteiger partial charge in [-0.2, -0.15) is 4.98 Å². The van der Waals surface area contributed by atoms with Crippen molar-refractivity contribution in [2.45, 2.75) is 32.7 Å². The second-order valence-corrected chi connectivity index (χ2v) is 6.03. The van der Waals surface area contributed by atoms with Gasteiger partial charge >= 0.3 is 0 Å². The number of rotatable bonds is 4.